The third kappa shape index (κ3) is 3.67. The lowest BCUT2D eigenvalue weighted by Crippen LogP contribution is -2.51. The molecule has 1 amide bonds. The summed E-state index contributed by atoms with van der Waals surface area (Å²) in [5.41, 5.74) is 0.175. The molecular formula is C12H24N2O2. The molecule has 1 saturated heterocycles. The van der Waals surface area contributed by atoms with E-state index in [0.717, 1.165) is 25.9 Å². The number of hydrogen-bond acceptors (Lipinski definition) is 3. The fourth-order valence-electron chi connectivity index (χ4n) is 1.76. The molecule has 0 bridgehead atoms. The van der Waals surface area contributed by atoms with Crippen molar-refractivity contribution in [3.8, 4) is 0 Å². The van der Waals surface area contributed by atoms with Gasteiger partial charge in [0.15, 0.2) is 0 Å². The Morgan fingerprint density at radius 2 is 2.00 bits per heavy atom. The highest BCUT2D eigenvalue weighted by atomic mass is 16.6. The van der Waals surface area contributed by atoms with E-state index in [2.05, 4.69) is 12.2 Å². The van der Waals surface area contributed by atoms with E-state index in [9.17, 15) is 4.79 Å². The zero-order chi connectivity index (χ0) is 12.2. The summed E-state index contributed by atoms with van der Waals surface area (Å²) in [4.78, 5) is 13.5. The van der Waals surface area contributed by atoms with Crippen LogP contribution in [0.15, 0.2) is 0 Å². The number of nitrogens with zero attached hydrogens (tertiary/aromatic N) is 1. The Morgan fingerprint density at radius 1 is 1.44 bits per heavy atom. The standard InChI is InChI=1S/C12H24N2O2/c1-10(2)9-16-11(15)14-7-5-12(3,13-4)6-8-14/h10,13H,5-9H2,1-4H3. The molecule has 16 heavy (non-hydrogen) atoms. The highest BCUT2D eigenvalue weighted by molar-refractivity contribution is 5.67. The number of nitrogens with one attached hydrogen (secondary N) is 1. The van der Waals surface area contributed by atoms with Crippen molar-refractivity contribution in [3.05, 3.63) is 0 Å². The zero-order valence-corrected chi connectivity index (χ0v) is 10.9. The summed E-state index contributed by atoms with van der Waals surface area (Å²) in [5.74, 6) is 0.399. The summed E-state index contributed by atoms with van der Waals surface area (Å²) < 4.78 is 5.21. The minimum absolute atomic E-state index is 0.160. The number of amides is 1. The molecule has 94 valence electrons. The van der Waals surface area contributed by atoms with Crippen molar-refractivity contribution in [2.45, 2.75) is 39.2 Å². The van der Waals surface area contributed by atoms with E-state index in [1.165, 1.54) is 0 Å². The molecule has 1 N–H and O–H groups in total. The second-order valence-corrected chi connectivity index (χ2v) is 5.27. The molecule has 0 radical (unpaired) electrons. The molecule has 1 fully saturated rings. The second-order valence-electron chi connectivity index (χ2n) is 5.27. The van der Waals surface area contributed by atoms with Crippen molar-refractivity contribution in [3.63, 3.8) is 0 Å². The van der Waals surface area contributed by atoms with Crippen LogP contribution in [-0.2, 0) is 4.74 Å². The van der Waals surface area contributed by atoms with Crippen LogP contribution in [-0.4, -0.2) is 43.3 Å². The summed E-state index contributed by atoms with van der Waals surface area (Å²) in [7, 11) is 1.98. The van der Waals surface area contributed by atoms with E-state index in [-0.39, 0.29) is 11.6 Å². The molecule has 0 aromatic carbocycles. The lowest BCUT2D eigenvalue weighted by Gasteiger charge is -2.38. The van der Waals surface area contributed by atoms with Gasteiger partial charge in [0.1, 0.15) is 0 Å². The van der Waals surface area contributed by atoms with Gasteiger partial charge in [-0.05, 0) is 32.7 Å². The Morgan fingerprint density at radius 3 is 2.44 bits per heavy atom. The predicted molar refractivity (Wildman–Crippen MR) is 64.5 cm³/mol. The highest BCUT2D eigenvalue weighted by Gasteiger charge is 2.30. The van der Waals surface area contributed by atoms with Gasteiger partial charge >= 0.3 is 6.09 Å². The zero-order valence-electron chi connectivity index (χ0n) is 10.9. The van der Waals surface area contributed by atoms with E-state index in [1.807, 2.05) is 25.8 Å². The van der Waals surface area contributed by atoms with Crippen LogP contribution in [0, 0.1) is 5.92 Å². The first-order valence-corrected chi connectivity index (χ1v) is 6.07. The molecule has 1 aliphatic heterocycles. The van der Waals surface area contributed by atoms with Gasteiger partial charge in [-0.15, -0.1) is 0 Å². The fraction of sp³-hybridized carbons (Fsp3) is 0.917. The molecule has 1 rings (SSSR count). The van der Waals surface area contributed by atoms with Crippen LogP contribution >= 0.6 is 0 Å². The van der Waals surface area contributed by atoms with E-state index < -0.39 is 0 Å². The largest absolute Gasteiger partial charge is 0.449 e. The Balaban J connectivity index is 2.33. The summed E-state index contributed by atoms with van der Waals surface area (Å²) in [6, 6.07) is 0. The number of carbonyl (C=O) groups is 1. The summed E-state index contributed by atoms with van der Waals surface area (Å²) >= 11 is 0. The van der Waals surface area contributed by atoms with Crippen molar-refractivity contribution in [1.82, 2.24) is 10.2 Å². The van der Waals surface area contributed by atoms with Crippen molar-refractivity contribution in [2.75, 3.05) is 26.7 Å². The summed E-state index contributed by atoms with van der Waals surface area (Å²) in [6.45, 7) is 8.37. The number of carbonyl (C=O) groups excluding carboxylic acids is 1. The Bertz CT molecular complexity index is 233. The molecule has 0 spiro atoms. The van der Waals surface area contributed by atoms with E-state index >= 15 is 0 Å². The number of likely N-dealkylation sites (tertiary alicyclic amines) is 1. The van der Waals surface area contributed by atoms with E-state index in [4.69, 9.17) is 4.74 Å². The minimum atomic E-state index is -0.160. The Hall–Kier alpha value is -0.770. The maximum absolute atomic E-state index is 11.7. The van der Waals surface area contributed by atoms with Gasteiger partial charge in [-0.3, -0.25) is 0 Å². The molecule has 0 aromatic rings. The predicted octanol–water partition coefficient (Wildman–Crippen LogP) is 1.85. The molecular weight excluding hydrogens is 204 g/mol. The molecule has 4 nitrogen and oxygen atoms in total. The van der Waals surface area contributed by atoms with Gasteiger partial charge in [-0.2, -0.15) is 0 Å². The number of hydrogen-bond donors (Lipinski definition) is 1. The highest BCUT2D eigenvalue weighted by Crippen LogP contribution is 2.21. The SMILES string of the molecule is CNC1(C)CCN(C(=O)OCC(C)C)CC1. The number of ether oxygens (including phenoxy) is 1. The average Bonchev–Trinajstić information content (AvgIpc) is 2.27. The molecule has 0 atom stereocenters. The Labute approximate surface area is 98.3 Å². The van der Waals surface area contributed by atoms with Crippen LogP contribution in [0.4, 0.5) is 4.79 Å². The van der Waals surface area contributed by atoms with Gasteiger partial charge in [0.2, 0.25) is 0 Å². The molecule has 4 heteroatoms. The third-order valence-corrected chi connectivity index (χ3v) is 3.27. The number of piperidine rings is 1. The van der Waals surface area contributed by atoms with Crippen LogP contribution in [0.1, 0.15) is 33.6 Å². The van der Waals surface area contributed by atoms with Gasteiger partial charge in [-0.1, -0.05) is 13.8 Å². The maximum Gasteiger partial charge on any atom is 0.409 e. The first-order chi connectivity index (χ1) is 7.47. The molecule has 0 aliphatic carbocycles. The van der Waals surface area contributed by atoms with Gasteiger partial charge in [0.25, 0.3) is 0 Å². The first kappa shape index (κ1) is 13.3. The van der Waals surface area contributed by atoms with Gasteiger partial charge in [0, 0.05) is 18.6 Å². The Kier molecular flexibility index (Phi) is 4.59. The van der Waals surface area contributed by atoms with Crippen molar-refractivity contribution in [1.29, 1.82) is 0 Å². The van der Waals surface area contributed by atoms with Gasteiger partial charge in [0.05, 0.1) is 6.61 Å². The number of rotatable bonds is 3. The molecule has 0 saturated carbocycles. The lowest BCUT2D eigenvalue weighted by molar-refractivity contribution is 0.0735. The van der Waals surface area contributed by atoms with Crippen molar-refractivity contribution in [2.24, 2.45) is 5.92 Å². The first-order valence-electron chi connectivity index (χ1n) is 6.07. The van der Waals surface area contributed by atoms with Gasteiger partial charge in [-0.25, -0.2) is 4.79 Å². The fourth-order valence-corrected chi connectivity index (χ4v) is 1.76. The topological polar surface area (TPSA) is 41.6 Å². The van der Waals surface area contributed by atoms with Gasteiger partial charge < -0.3 is 15.0 Å². The second kappa shape index (κ2) is 5.53. The molecule has 1 aliphatic rings. The third-order valence-electron chi connectivity index (χ3n) is 3.27. The van der Waals surface area contributed by atoms with Crippen LogP contribution < -0.4 is 5.32 Å². The average molecular weight is 228 g/mol. The monoisotopic (exact) mass is 228 g/mol. The summed E-state index contributed by atoms with van der Waals surface area (Å²) in [6.07, 6.45) is 1.81. The molecule has 0 unspecified atom stereocenters. The molecule has 0 aromatic heterocycles. The van der Waals surface area contributed by atoms with Crippen LogP contribution in [0.25, 0.3) is 0 Å². The quantitative estimate of drug-likeness (QED) is 0.801. The van der Waals surface area contributed by atoms with E-state index in [0.29, 0.717) is 12.5 Å². The minimum Gasteiger partial charge on any atom is -0.449 e. The molecule has 1 heterocycles. The smallest absolute Gasteiger partial charge is 0.409 e. The van der Waals surface area contributed by atoms with Crippen LogP contribution in [0.5, 0.6) is 0 Å². The van der Waals surface area contributed by atoms with Crippen molar-refractivity contribution >= 4 is 6.09 Å². The van der Waals surface area contributed by atoms with E-state index in [1.54, 1.807) is 0 Å². The summed E-state index contributed by atoms with van der Waals surface area (Å²) in [5, 5.41) is 3.31. The lowest BCUT2D eigenvalue weighted by atomic mass is 9.90. The normalized spacial score (nSPS) is 19.9. The van der Waals surface area contributed by atoms with Crippen LogP contribution in [0.3, 0.4) is 0 Å². The van der Waals surface area contributed by atoms with Crippen LogP contribution in [0.2, 0.25) is 0 Å². The van der Waals surface area contributed by atoms with Crippen molar-refractivity contribution < 1.29 is 9.53 Å². The maximum atomic E-state index is 11.7.